The smallest absolute Gasteiger partial charge is 0.115 e. The molecule has 0 saturated carbocycles. The summed E-state index contributed by atoms with van der Waals surface area (Å²) in [7, 11) is 0. The molecule has 2 aromatic carbocycles. The molecule has 0 bridgehead atoms. The Labute approximate surface area is 100 Å². The van der Waals surface area contributed by atoms with Crippen molar-refractivity contribution in [2.75, 3.05) is 0 Å². The van der Waals surface area contributed by atoms with E-state index in [9.17, 15) is 5.11 Å². The number of phenolic OH excluding ortho intramolecular Hbond substituents is 1. The summed E-state index contributed by atoms with van der Waals surface area (Å²) in [5.74, 6) is 0.300. The lowest BCUT2D eigenvalue weighted by molar-refractivity contribution is 0.475. The molecule has 0 aliphatic heterocycles. The number of rotatable bonds is 1. The summed E-state index contributed by atoms with van der Waals surface area (Å²) >= 11 is 0. The van der Waals surface area contributed by atoms with E-state index in [-0.39, 0.29) is 0 Å². The van der Waals surface area contributed by atoms with Gasteiger partial charge in [0.1, 0.15) is 5.75 Å². The first-order chi connectivity index (χ1) is 8.33. The van der Waals surface area contributed by atoms with Gasteiger partial charge in [-0.3, -0.25) is 0 Å². The Morgan fingerprint density at radius 1 is 0.824 bits per heavy atom. The Kier molecular flexibility index (Phi) is 2.30. The first kappa shape index (κ1) is 9.91. The zero-order valence-corrected chi connectivity index (χ0v) is 9.30. The Balaban J connectivity index is 2.02. The van der Waals surface area contributed by atoms with E-state index in [0.717, 1.165) is 5.56 Å². The third kappa shape index (κ3) is 1.87. The lowest BCUT2D eigenvalue weighted by Crippen LogP contribution is -1.80. The highest BCUT2D eigenvalue weighted by molar-refractivity contribution is 5.97. The second-order valence-electron chi connectivity index (χ2n) is 4.11. The molecular formula is C16H12O. The van der Waals surface area contributed by atoms with Crippen LogP contribution in [0.25, 0.3) is 17.7 Å². The average molecular weight is 220 g/mol. The van der Waals surface area contributed by atoms with E-state index in [1.165, 1.54) is 16.7 Å². The molecule has 0 spiro atoms. The average Bonchev–Trinajstić information content (AvgIpc) is 2.76. The molecule has 1 aliphatic carbocycles. The Morgan fingerprint density at radius 3 is 2.41 bits per heavy atom. The van der Waals surface area contributed by atoms with Crippen LogP contribution in [-0.4, -0.2) is 5.11 Å². The zero-order chi connectivity index (χ0) is 11.7. The van der Waals surface area contributed by atoms with Gasteiger partial charge in [-0.05, 0) is 40.5 Å². The van der Waals surface area contributed by atoms with Crippen LogP contribution in [-0.2, 0) is 0 Å². The second-order valence-corrected chi connectivity index (χ2v) is 4.11. The minimum absolute atomic E-state index is 0.300. The van der Waals surface area contributed by atoms with Crippen LogP contribution < -0.4 is 0 Å². The van der Waals surface area contributed by atoms with Gasteiger partial charge in [-0.15, -0.1) is 0 Å². The van der Waals surface area contributed by atoms with Gasteiger partial charge >= 0.3 is 0 Å². The molecular weight excluding hydrogens is 208 g/mol. The fourth-order valence-electron chi connectivity index (χ4n) is 2.05. The summed E-state index contributed by atoms with van der Waals surface area (Å²) in [6.45, 7) is 0. The number of aromatic hydroxyl groups is 1. The van der Waals surface area contributed by atoms with Gasteiger partial charge in [-0.2, -0.15) is 0 Å². The van der Waals surface area contributed by atoms with Crippen LogP contribution in [0, 0.1) is 0 Å². The lowest BCUT2D eigenvalue weighted by atomic mass is 10.0. The van der Waals surface area contributed by atoms with Crippen LogP contribution in [0.4, 0.5) is 0 Å². The summed E-state index contributed by atoms with van der Waals surface area (Å²) in [6, 6.07) is 15.6. The van der Waals surface area contributed by atoms with Crippen LogP contribution in [0.15, 0.2) is 54.6 Å². The number of benzene rings is 2. The molecule has 0 radical (unpaired) electrons. The molecule has 17 heavy (non-hydrogen) atoms. The van der Waals surface area contributed by atoms with E-state index in [1.807, 2.05) is 18.2 Å². The first-order valence-corrected chi connectivity index (χ1v) is 5.61. The minimum atomic E-state index is 0.300. The largest absolute Gasteiger partial charge is 0.508 e. The van der Waals surface area contributed by atoms with Crippen molar-refractivity contribution in [3.8, 4) is 5.75 Å². The fraction of sp³-hybridized carbons (Fsp3) is 0. The Hall–Kier alpha value is -2.28. The molecule has 0 saturated heterocycles. The quantitative estimate of drug-likeness (QED) is 0.771. The number of hydrogen-bond donors (Lipinski definition) is 1. The summed E-state index contributed by atoms with van der Waals surface area (Å²) < 4.78 is 0. The summed E-state index contributed by atoms with van der Waals surface area (Å²) in [5, 5.41) is 9.24. The predicted molar refractivity (Wildman–Crippen MR) is 71.5 cm³/mol. The van der Waals surface area contributed by atoms with Crippen LogP contribution in [0.1, 0.15) is 16.7 Å². The number of phenols is 1. The molecule has 0 unspecified atom stereocenters. The molecule has 0 heterocycles. The number of allylic oxidation sites excluding steroid dienone is 2. The monoisotopic (exact) mass is 220 g/mol. The first-order valence-electron chi connectivity index (χ1n) is 5.61. The molecule has 1 aliphatic rings. The highest BCUT2D eigenvalue weighted by atomic mass is 16.3. The molecule has 1 nitrogen and oxygen atoms in total. The fourth-order valence-corrected chi connectivity index (χ4v) is 2.05. The van der Waals surface area contributed by atoms with Crippen molar-refractivity contribution in [3.63, 3.8) is 0 Å². The molecule has 0 amide bonds. The summed E-state index contributed by atoms with van der Waals surface area (Å²) in [5.41, 5.74) is 4.84. The summed E-state index contributed by atoms with van der Waals surface area (Å²) in [6.07, 6.45) is 6.38. The predicted octanol–water partition coefficient (Wildman–Crippen LogP) is 3.96. The van der Waals surface area contributed by atoms with Gasteiger partial charge in [0.05, 0.1) is 0 Å². The number of hydrogen-bond acceptors (Lipinski definition) is 1. The van der Waals surface area contributed by atoms with Crippen molar-refractivity contribution in [2.24, 2.45) is 0 Å². The van der Waals surface area contributed by atoms with Crippen molar-refractivity contribution in [3.05, 3.63) is 71.3 Å². The third-order valence-corrected chi connectivity index (χ3v) is 2.93. The van der Waals surface area contributed by atoms with Gasteiger partial charge in [0.15, 0.2) is 0 Å². The maximum atomic E-state index is 9.24. The molecule has 1 heteroatoms. The van der Waals surface area contributed by atoms with Gasteiger partial charge in [-0.25, -0.2) is 0 Å². The zero-order valence-electron chi connectivity index (χ0n) is 9.30. The molecule has 3 rings (SSSR count). The van der Waals surface area contributed by atoms with Crippen molar-refractivity contribution < 1.29 is 5.11 Å². The lowest BCUT2D eigenvalue weighted by Gasteiger charge is -2.01. The van der Waals surface area contributed by atoms with Crippen LogP contribution in [0.3, 0.4) is 0 Å². The maximum absolute atomic E-state index is 9.24. The van der Waals surface area contributed by atoms with E-state index in [0.29, 0.717) is 5.75 Å². The topological polar surface area (TPSA) is 20.2 Å². The van der Waals surface area contributed by atoms with E-state index in [4.69, 9.17) is 0 Å². The van der Waals surface area contributed by atoms with Gasteiger partial charge in [-0.1, -0.05) is 48.6 Å². The van der Waals surface area contributed by atoms with Crippen LogP contribution in [0.5, 0.6) is 5.75 Å². The SMILES string of the molecule is Oc1ccc(C=C2C=Cc3ccccc32)cc1. The highest BCUT2D eigenvalue weighted by Crippen LogP contribution is 2.30. The standard InChI is InChI=1S/C16H12O/c17-15-9-5-12(6-10-15)11-14-8-7-13-3-1-2-4-16(13)14/h1-11,17H. The normalized spacial score (nSPS) is 15.2. The second kappa shape index (κ2) is 3.95. The van der Waals surface area contributed by atoms with Crippen molar-refractivity contribution in [1.29, 1.82) is 0 Å². The van der Waals surface area contributed by atoms with E-state index in [1.54, 1.807) is 12.1 Å². The highest BCUT2D eigenvalue weighted by Gasteiger charge is 2.08. The van der Waals surface area contributed by atoms with E-state index in [2.05, 4.69) is 36.4 Å². The Bertz CT molecular complexity index is 604. The summed E-state index contributed by atoms with van der Waals surface area (Å²) in [4.78, 5) is 0. The molecule has 2 aromatic rings. The third-order valence-electron chi connectivity index (χ3n) is 2.93. The minimum Gasteiger partial charge on any atom is -0.508 e. The molecule has 1 N–H and O–H groups in total. The van der Waals surface area contributed by atoms with Crippen molar-refractivity contribution >= 4 is 17.7 Å². The van der Waals surface area contributed by atoms with Crippen LogP contribution >= 0.6 is 0 Å². The molecule has 82 valence electrons. The van der Waals surface area contributed by atoms with Gasteiger partial charge < -0.3 is 5.11 Å². The number of fused-ring (bicyclic) bond motifs is 1. The maximum Gasteiger partial charge on any atom is 0.115 e. The van der Waals surface area contributed by atoms with Crippen molar-refractivity contribution in [1.82, 2.24) is 0 Å². The van der Waals surface area contributed by atoms with E-state index >= 15 is 0 Å². The van der Waals surface area contributed by atoms with Gasteiger partial charge in [0, 0.05) is 0 Å². The molecule has 0 fully saturated rings. The van der Waals surface area contributed by atoms with Gasteiger partial charge in [0.25, 0.3) is 0 Å². The molecule has 0 atom stereocenters. The Morgan fingerprint density at radius 2 is 1.59 bits per heavy atom. The molecule has 0 aromatic heterocycles. The van der Waals surface area contributed by atoms with Gasteiger partial charge in [0.2, 0.25) is 0 Å². The van der Waals surface area contributed by atoms with Crippen molar-refractivity contribution in [2.45, 2.75) is 0 Å². The van der Waals surface area contributed by atoms with E-state index < -0.39 is 0 Å². The van der Waals surface area contributed by atoms with Crippen LogP contribution in [0.2, 0.25) is 0 Å².